The number of hydrogen-bond acceptors (Lipinski definition) is 6. The van der Waals surface area contributed by atoms with Gasteiger partial charge in [0.05, 0.1) is 11.4 Å². The first-order valence-corrected chi connectivity index (χ1v) is 9.27. The van der Waals surface area contributed by atoms with Crippen LogP contribution in [0, 0.1) is 6.92 Å². The molecule has 5 nitrogen and oxygen atoms in total. The SMILES string of the molecule is Cc1csc(N2CCN(Cc3cn4ccsc4n3)C[C@H]2C)n1. The van der Waals surface area contributed by atoms with Crippen molar-refractivity contribution in [1.82, 2.24) is 19.3 Å². The van der Waals surface area contributed by atoms with E-state index in [1.54, 1.807) is 22.7 Å². The molecule has 0 N–H and O–H groups in total. The molecule has 0 unspecified atom stereocenters. The topological polar surface area (TPSA) is 36.7 Å². The first-order chi connectivity index (χ1) is 10.7. The van der Waals surface area contributed by atoms with Crippen LogP contribution >= 0.6 is 22.7 Å². The highest BCUT2D eigenvalue weighted by molar-refractivity contribution is 7.15. The number of piperazine rings is 1. The van der Waals surface area contributed by atoms with Gasteiger partial charge in [0, 0.05) is 55.4 Å². The van der Waals surface area contributed by atoms with Crippen LogP contribution in [0.25, 0.3) is 4.96 Å². The number of thiazole rings is 2. The Morgan fingerprint density at radius 3 is 2.91 bits per heavy atom. The van der Waals surface area contributed by atoms with E-state index in [1.165, 1.54) is 0 Å². The molecule has 0 radical (unpaired) electrons. The maximum absolute atomic E-state index is 4.69. The summed E-state index contributed by atoms with van der Waals surface area (Å²) in [4.78, 5) is 15.3. The highest BCUT2D eigenvalue weighted by atomic mass is 32.1. The van der Waals surface area contributed by atoms with Crippen LogP contribution < -0.4 is 4.90 Å². The molecule has 1 saturated heterocycles. The molecule has 7 heteroatoms. The van der Waals surface area contributed by atoms with Crippen LogP contribution in [0.15, 0.2) is 23.2 Å². The van der Waals surface area contributed by atoms with Gasteiger partial charge in [-0.25, -0.2) is 9.97 Å². The fourth-order valence-corrected chi connectivity index (χ4v) is 4.67. The summed E-state index contributed by atoms with van der Waals surface area (Å²) in [6.07, 6.45) is 4.22. The van der Waals surface area contributed by atoms with Crippen molar-refractivity contribution in [2.24, 2.45) is 0 Å². The molecule has 1 fully saturated rings. The lowest BCUT2D eigenvalue weighted by molar-refractivity contribution is 0.219. The number of imidazole rings is 1. The Labute approximate surface area is 137 Å². The van der Waals surface area contributed by atoms with Crippen LogP contribution in [0.4, 0.5) is 5.13 Å². The molecule has 1 atom stereocenters. The van der Waals surface area contributed by atoms with Crippen molar-refractivity contribution in [2.75, 3.05) is 24.5 Å². The molecule has 3 aromatic rings. The molecular weight excluding hydrogens is 314 g/mol. The third-order valence-electron chi connectivity index (χ3n) is 4.09. The molecule has 1 aliphatic rings. The molecule has 0 bridgehead atoms. The fraction of sp³-hybridized carbons (Fsp3) is 0.467. The van der Waals surface area contributed by atoms with E-state index in [0.29, 0.717) is 6.04 Å². The second kappa shape index (κ2) is 5.64. The Kier molecular flexibility index (Phi) is 3.63. The number of aromatic nitrogens is 3. The summed E-state index contributed by atoms with van der Waals surface area (Å²) in [5.41, 5.74) is 2.28. The van der Waals surface area contributed by atoms with Gasteiger partial charge in [0.1, 0.15) is 0 Å². The van der Waals surface area contributed by atoms with Gasteiger partial charge in [-0.2, -0.15) is 0 Å². The number of nitrogens with zero attached hydrogens (tertiary/aromatic N) is 5. The average molecular weight is 333 g/mol. The largest absolute Gasteiger partial charge is 0.343 e. The highest BCUT2D eigenvalue weighted by Crippen LogP contribution is 2.25. The van der Waals surface area contributed by atoms with Gasteiger partial charge in [0.15, 0.2) is 10.1 Å². The van der Waals surface area contributed by atoms with Crippen LogP contribution in [0.2, 0.25) is 0 Å². The predicted octanol–water partition coefficient (Wildman–Crippen LogP) is 2.87. The Balaban J connectivity index is 1.42. The summed E-state index contributed by atoms with van der Waals surface area (Å²) in [5.74, 6) is 0. The van der Waals surface area contributed by atoms with E-state index in [9.17, 15) is 0 Å². The van der Waals surface area contributed by atoms with E-state index in [-0.39, 0.29) is 0 Å². The fourth-order valence-electron chi connectivity index (χ4n) is 3.02. The zero-order valence-electron chi connectivity index (χ0n) is 12.8. The molecule has 116 valence electrons. The zero-order chi connectivity index (χ0) is 15.1. The Hall–Kier alpha value is -1.44. The number of rotatable bonds is 3. The van der Waals surface area contributed by atoms with Gasteiger partial charge >= 0.3 is 0 Å². The van der Waals surface area contributed by atoms with Gasteiger partial charge in [-0.15, -0.1) is 22.7 Å². The van der Waals surface area contributed by atoms with Crippen LogP contribution in [-0.2, 0) is 6.54 Å². The molecule has 4 heterocycles. The third-order valence-corrected chi connectivity index (χ3v) is 5.86. The summed E-state index contributed by atoms with van der Waals surface area (Å²) < 4.78 is 2.11. The van der Waals surface area contributed by atoms with Gasteiger partial charge in [0.2, 0.25) is 0 Å². The van der Waals surface area contributed by atoms with Crippen LogP contribution in [0.5, 0.6) is 0 Å². The van der Waals surface area contributed by atoms with Crippen LogP contribution in [0.1, 0.15) is 18.3 Å². The van der Waals surface area contributed by atoms with Crippen molar-refractivity contribution < 1.29 is 0 Å². The van der Waals surface area contributed by atoms with Gasteiger partial charge in [-0.1, -0.05) is 0 Å². The summed E-state index contributed by atoms with van der Waals surface area (Å²) in [5, 5.41) is 5.36. The second-order valence-corrected chi connectivity index (χ2v) is 7.58. The lowest BCUT2D eigenvalue weighted by Crippen LogP contribution is -2.51. The lowest BCUT2D eigenvalue weighted by Gasteiger charge is -2.39. The number of hydrogen-bond donors (Lipinski definition) is 0. The third kappa shape index (κ3) is 2.64. The van der Waals surface area contributed by atoms with E-state index >= 15 is 0 Å². The van der Waals surface area contributed by atoms with Crippen molar-refractivity contribution in [3.05, 3.63) is 34.5 Å². The average Bonchev–Trinajstić information content (AvgIpc) is 3.15. The Bertz CT molecular complexity index is 745. The number of anilines is 1. The normalized spacial score (nSPS) is 20.1. The second-order valence-electron chi connectivity index (χ2n) is 5.87. The standard InChI is InChI=1S/C15H19N5S2/c1-11-10-22-15(16-11)20-4-3-18(7-12(20)2)8-13-9-19-5-6-21-14(19)17-13/h5-6,9-10,12H,3-4,7-8H2,1-2H3/t12-/m1/s1. The minimum Gasteiger partial charge on any atom is -0.343 e. The first-order valence-electron chi connectivity index (χ1n) is 7.51. The molecule has 3 aromatic heterocycles. The van der Waals surface area contributed by atoms with E-state index in [0.717, 1.165) is 47.7 Å². The summed E-state index contributed by atoms with van der Waals surface area (Å²) in [6.45, 7) is 8.44. The molecular formula is C15H19N5S2. The van der Waals surface area contributed by atoms with Crippen molar-refractivity contribution in [3.63, 3.8) is 0 Å². The van der Waals surface area contributed by atoms with Crippen molar-refractivity contribution >= 4 is 32.8 Å². The van der Waals surface area contributed by atoms with Gasteiger partial charge in [-0.3, -0.25) is 9.30 Å². The summed E-state index contributed by atoms with van der Waals surface area (Å²) >= 11 is 3.44. The molecule has 22 heavy (non-hydrogen) atoms. The van der Waals surface area contributed by atoms with Crippen LogP contribution in [0.3, 0.4) is 0 Å². The van der Waals surface area contributed by atoms with Gasteiger partial charge < -0.3 is 4.90 Å². The zero-order valence-corrected chi connectivity index (χ0v) is 14.4. The minimum absolute atomic E-state index is 0.489. The van der Waals surface area contributed by atoms with Gasteiger partial charge in [0.25, 0.3) is 0 Å². The first kappa shape index (κ1) is 14.2. The Morgan fingerprint density at radius 1 is 1.27 bits per heavy atom. The van der Waals surface area contributed by atoms with E-state index < -0.39 is 0 Å². The highest BCUT2D eigenvalue weighted by Gasteiger charge is 2.26. The quantitative estimate of drug-likeness (QED) is 0.738. The molecule has 0 spiro atoms. The molecule has 0 aromatic carbocycles. The summed E-state index contributed by atoms with van der Waals surface area (Å²) in [6, 6.07) is 0.489. The molecule has 1 aliphatic heterocycles. The van der Waals surface area contributed by atoms with Crippen molar-refractivity contribution in [2.45, 2.75) is 26.4 Å². The number of fused-ring (bicyclic) bond motifs is 1. The van der Waals surface area contributed by atoms with Crippen LogP contribution in [-0.4, -0.2) is 44.9 Å². The molecule has 0 amide bonds. The monoisotopic (exact) mass is 333 g/mol. The van der Waals surface area contributed by atoms with Crippen molar-refractivity contribution in [3.8, 4) is 0 Å². The van der Waals surface area contributed by atoms with E-state index in [4.69, 9.17) is 0 Å². The maximum Gasteiger partial charge on any atom is 0.193 e. The molecule has 0 saturated carbocycles. The predicted molar refractivity (Wildman–Crippen MR) is 92.0 cm³/mol. The smallest absolute Gasteiger partial charge is 0.193 e. The maximum atomic E-state index is 4.69. The molecule has 4 rings (SSSR count). The minimum atomic E-state index is 0.489. The summed E-state index contributed by atoms with van der Waals surface area (Å²) in [7, 11) is 0. The Morgan fingerprint density at radius 2 is 2.18 bits per heavy atom. The van der Waals surface area contributed by atoms with E-state index in [1.807, 2.05) is 0 Å². The van der Waals surface area contributed by atoms with Gasteiger partial charge in [-0.05, 0) is 13.8 Å². The number of aryl methyl sites for hydroxylation is 1. The van der Waals surface area contributed by atoms with E-state index in [2.05, 4.69) is 61.2 Å². The van der Waals surface area contributed by atoms with Crippen molar-refractivity contribution in [1.29, 1.82) is 0 Å². The lowest BCUT2D eigenvalue weighted by atomic mass is 10.2. The molecule has 0 aliphatic carbocycles.